The Kier molecular flexibility index (Phi) is 47.6. The van der Waals surface area contributed by atoms with E-state index in [-0.39, 0.29) is 12.2 Å². The van der Waals surface area contributed by atoms with E-state index in [1.54, 1.807) is 14.0 Å². The summed E-state index contributed by atoms with van der Waals surface area (Å²) >= 11 is 0. The number of rotatable bonds is 17. The molecular formula is C41H67N3O3S2. The van der Waals surface area contributed by atoms with E-state index >= 15 is 0 Å². The van der Waals surface area contributed by atoms with Crippen molar-refractivity contribution in [2.24, 2.45) is 11.5 Å². The molecule has 5 N–H and O–H groups in total. The molecule has 0 aromatic heterocycles. The number of ether oxygens (including phenoxy) is 1. The van der Waals surface area contributed by atoms with Crippen LogP contribution in [0.4, 0.5) is 0 Å². The number of amides is 1. The summed E-state index contributed by atoms with van der Waals surface area (Å²) in [7, 11) is 5.45. The van der Waals surface area contributed by atoms with Gasteiger partial charge in [-0.15, -0.1) is 0 Å². The Morgan fingerprint density at radius 3 is 1.98 bits per heavy atom. The zero-order valence-electron chi connectivity index (χ0n) is 31.7. The van der Waals surface area contributed by atoms with Crippen LogP contribution < -0.4 is 21.5 Å². The minimum absolute atomic E-state index is 0.230. The second-order valence-electron chi connectivity index (χ2n) is 9.76. The van der Waals surface area contributed by atoms with Gasteiger partial charge in [0.05, 0.1) is 7.11 Å². The van der Waals surface area contributed by atoms with Gasteiger partial charge in [-0.3, -0.25) is 4.79 Å². The molecule has 0 bridgehead atoms. The van der Waals surface area contributed by atoms with Gasteiger partial charge in [-0.05, 0) is 61.7 Å². The number of hydrogen-bond donors (Lipinski definition) is 3. The van der Waals surface area contributed by atoms with E-state index in [1.807, 2.05) is 114 Å². The number of nitrogens with two attached hydrogens (primary N) is 2. The van der Waals surface area contributed by atoms with Gasteiger partial charge in [-0.25, -0.2) is 0 Å². The number of hydrogen-bond acceptors (Lipinski definition) is 7. The van der Waals surface area contributed by atoms with Crippen molar-refractivity contribution >= 4 is 45.9 Å². The zero-order valence-corrected chi connectivity index (χ0v) is 33.3. The lowest BCUT2D eigenvalue weighted by atomic mass is 10.1. The zero-order chi connectivity index (χ0) is 38.0. The molecule has 0 fully saturated rings. The van der Waals surface area contributed by atoms with Crippen LogP contribution in [-0.2, 0) is 9.59 Å². The average Bonchev–Trinajstić information content (AvgIpc) is 3.12. The van der Waals surface area contributed by atoms with Crippen molar-refractivity contribution in [1.29, 1.82) is 0 Å². The fourth-order valence-electron chi connectivity index (χ4n) is 2.95. The number of aryl methyl sites for hydroxylation is 1. The van der Waals surface area contributed by atoms with Gasteiger partial charge in [-0.2, -0.15) is 0 Å². The van der Waals surface area contributed by atoms with Crippen LogP contribution in [0.25, 0.3) is 12.2 Å². The molecule has 6 nitrogen and oxygen atoms in total. The molecule has 2 aromatic rings. The summed E-state index contributed by atoms with van der Waals surface area (Å²) in [4.78, 5) is 19.4. The molecule has 0 atom stereocenters. The molecule has 1 amide bonds. The van der Waals surface area contributed by atoms with Gasteiger partial charge in [-0.1, -0.05) is 155 Å². The number of methoxy groups -OCH3 is 1. The molecule has 0 spiro atoms. The molecule has 2 rings (SSSR count). The Hall–Kier alpha value is -3.46. The lowest BCUT2D eigenvalue weighted by Gasteiger charge is -2.03. The van der Waals surface area contributed by atoms with Gasteiger partial charge in [0.1, 0.15) is 11.5 Å². The van der Waals surface area contributed by atoms with E-state index < -0.39 is 0 Å². The predicted octanol–water partition coefficient (Wildman–Crippen LogP) is 10.6. The normalized spacial score (nSPS) is 9.57. The maximum Gasteiger partial charge on any atom is 0.204 e. The Bertz CT molecular complexity index is 1140. The summed E-state index contributed by atoms with van der Waals surface area (Å²) in [6, 6.07) is 16.0. The van der Waals surface area contributed by atoms with E-state index in [0.717, 1.165) is 42.1 Å². The molecule has 0 aliphatic carbocycles. The Labute approximate surface area is 308 Å². The molecule has 0 aliphatic heterocycles. The van der Waals surface area contributed by atoms with Crippen molar-refractivity contribution < 1.29 is 14.3 Å². The van der Waals surface area contributed by atoms with Crippen LogP contribution in [0.15, 0.2) is 97.8 Å². The summed E-state index contributed by atoms with van der Waals surface area (Å²) in [5, 5.41) is 3.14. The van der Waals surface area contributed by atoms with Gasteiger partial charge in [0, 0.05) is 36.6 Å². The maximum absolute atomic E-state index is 10.8. The Morgan fingerprint density at radius 1 is 0.918 bits per heavy atom. The van der Waals surface area contributed by atoms with Gasteiger partial charge >= 0.3 is 0 Å². The third-order valence-corrected chi connectivity index (χ3v) is 8.23. The van der Waals surface area contributed by atoms with E-state index in [0.29, 0.717) is 6.42 Å². The number of nitrogens with one attached hydrogen (secondary N) is 1. The second kappa shape index (κ2) is 44.5. The molecule has 0 saturated heterocycles. The van der Waals surface area contributed by atoms with Gasteiger partial charge < -0.3 is 26.3 Å². The van der Waals surface area contributed by atoms with E-state index in [2.05, 4.69) is 64.0 Å². The number of primary amides is 1. The number of Topliss-reactive ketones (excluding diaryl/α,β-unsaturated/α-hetero) is 1. The monoisotopic (exact) mass is 713 g/mol. The molecule has 0 heterocycles. The molecule has 8 heteroatoms. The minimum atomic E-state index is 0.230. The molecule has 49 heavy (non-hydrogen) atoms. The van der Waals surface area contributed by atoms with Crippen LogP contribution in [0.5, 0.6) is 5.75 Å². The van der Waals surface area contributed by atoms with Crippen LogP contribution in [0.2, 0.25) is 0 Å². The number of allylic oxidation sites excluding steroid dienone is 5. The van der Waals surface area contributed by atoms with Crippen LogP contribution in [-0.4, -0.2) is 43.9 Å². The first-order chi connectivity index (χ1) is 23.7. The van der Waals surface area contributed by atoms with Crippen LogP contribution >= 0.6 is 21.6 Å². The van der Waals surface area contributed by atoms with Crippen LogP contribution in [0.3, 0.4) is 0 Å². The Morgan fingerprint density at radius 2 is 1.49 bits per heavy atom. The van der Waals surface area contributed by atoms with Crippen molar-refractivity contribution in [2.45, 2.75) is 80.6 Å². The van der Waals surface area contributed by atoms with E-state index in [4.69, 9.17) is 15.3 Å². The van der Waals surface area contributed by atoms with Crippen molar-refractivity contribution in [3.05, 3.63) is 114 Å². The molecule has 0 radical (unpaired) electrons. The standard InChI is InChI=1S/C20H25NO2.C9H10.C5H13NS2.C4H10.C2H6.CH3NO/c1-17(9-6-7-15-21-16-8-10-18(2)22)13-14-19-11-4-5-12-20(19)23-3;1-3-9-7-5-4-6-8(9)2;1-2-4-7-8-5-3-6;1-3-4-2;1-2;2-1-3/h4-7,9,11-15,21H,1,8,10,16H2,2-3H3;3-7H,1H2,2H3;2-6H2,1H3;3-4H2,1-2H3;1-2H3;1H,(H2,2,3)/b9-6-,14-13+,15-7-;;;;;. The number of benzene rings is 2. The van der Waals surface area contributed by atoms with Crippen LogP contribution in [0.1, 0.15) is 90.3 Å². The molecule has 0 unspecified atom stereocenters. The highest BCUT2D eigenvalue weighted by atomic mass is 33.1. The molecule has 0 aliphatic rings. The third kappa shape index (κ3) is 40.6. The summed E-state index contributed by atoms with van der Waals surface area (Å²) in [5.74, 6) is 3.42. The predicted molar refractivity (Wildman–Crippen MR) is 225 cm³/mol. The maximum atomic E-state index is 10.8. The first-order valence-electron chi connectivity index (χ1n) is 17.1. The quantitative estimate of drug-likeness (QED) is 0.0648. The van der Waals surface area contributed by atoms with Gasteiger partial charge in [0.15, 0.2) is 0 Å². The van der Waals surface area contributed by atoms with Crippen LogP contribution in [0, 0.1) is 6.92 Å². The summed E-state index contributed by atoms with van der Waals surface area (Å²) in [6.45, 7) is 23.5. The second-order valence-corrected chi connectivity index (χ2v) is 12.5. The van der Waals surface area contributed by atoms with Crippen molar-refractivity contribution in [3.63, 3.8) is 0 Å². The minimum Gasteiger partial charge on any atom is -0.496 e. The van der Waals surface area contributed by atoms with Gasteiger partial charge in [0.25, 0.3) is 0 Å². The van der Waals surface area contributed by atoms with E-state index in [9.17, 15) is 4.79 Å². The molecular weight excluding hydrogens is 647 g/mol. The number of unbranched alkanes of at least 4 members (excludes halogenated alkanes) is 1. The topological polar surface area (TPSA) is 107 Å². The third-order valence-electron chi connectivity index (χ3n) is 5.58. The smallest absolute Gasteiger partial charge is 0.204 e. The van der Waals surface area contributed by atoms with Crippen molar-refractivity contribution in [2.75, 3.05) is 31.7 Å². The lowest BCUT2D eigenvalue weighted by Crippen LogP contribution is -2.07. The lowest BCUT2D eigenvalue weighted by molar-refractivity contribution is -0.117. The largest absolute Gasteiger partial charge is 0.496 e. The summed E-state index contributed by atoms with van der Waals surface area (Å²) in [5.41, 5.74) is 13.9. The first-order valence-corrected chi connectivity index (χ1v) is 19.5. The summed E-state index contributed by atoms with van der Waals surface area (Å²) in [6.07, 6.45) is 19.1. The fourth-order valence-corrected chi connectivity index (χ4v) is 4.94. The molecule has 2 aromatic carbocycles. The molecule has 0 saturated carbocycles. The fraction of sp³-hybridized carbons (Fsp3) is 0.415. The number of ketones is 1. The Balaban J connectivity index is -0.000000318. The number of para-hydroxylation sites is 1. The van der Waals surface area contributed by atoms with Gasteiger partial charge in [0.2, 0.25) is 6.41 Å². The number of carbonyl (C=O) groups excluding carboxylic acids is 2. The first kappa shape index (κ1) is 52.4. The molecule has 276 valence electrons. The van der Waals surface area contributed by atoms with E-state index in [1.165, 1.54) is 36.1 Å². The summed E-state index contributed by atoms with van der Waals surface area (Å²) < 4.78 is 5.30. The number of carbonyl (C=O) groups is 2. The highest BCUT2D eigenvalue weighted by Gasteiger charge is 1.96. The SMILES string of the molecule is C=C(/C=C\C=C/NCCCC(C)=O)/C=C/c1ccccc1OC.C=Cc1ccccc1C.CC.CCCC.CCCSSCCN.NC=O. The van der Waals surface area contributed by atoms with Crippen molar-refractivity contribution in [3.8, 4) is 5.75 Å². The highest BCUT2D eigenvalue weighted by molar-refractivity contribution is 8.76. The highest BCUT2D eigenvalue weighted by Crippen LogP contribution is 2.20. The average molecular weight is 714 g/mol. The van der Waals surface area contributed by atoms with Crippen molar-refractivity contribution in [1.82, 2.24) is 5.32 Å².